The van der Waals surface area contributed by atoms with E-state index in [4.69, 9.17) is 9.47 Å². The molecule has 1 spiro atoms. The molecule has 0 aromatic rings. The van der Waals surface area contributed by atoms with Crippen LogP contribution in [0, 0.1) is 5.92 Å². The van der Waals surface area contributed by atoms with Crippen LogP contribution in [0.2, 0.25) is 0 Å². The quantitative estimate of drug-likeness (QED) is 0.555. The van der Waals surface area contributed by atoms with Gasteiger partial charge in [0.05, 0.1) is 12.0 Å². The SMILES string of the molecule is CC(C)(C)OC(=O)NC1C2C=CC3(OC13C(=O)O)C2=O. The van der Waals surface area contributed by atoms with Crippen molar-refractivity contribution in [3.8, 4) is 0 Å². The summed E-state index contributed by atoms with van der Waals surface area (Å²) < 4.78 is 10.3. The van der Waals surface area contributed by atoms with E-state index in [-0.39, 0.29) is 5.78 Å². The molecule has 1 aliphatic heterocycles. The highest BCUT2D eigenvalue weighted by Crippen LogP contribution is 2.64. The fourth-order valence-electron chi connectivity index (χ4n) is 3.05. The normalized spacial score (nSPS) is 40.5. The fraction of sp³-hybridized carbons (Fsp3) is 0.615. The maximum Gasteiger partial charge on any atom is 0.408 e. The highest BCUT2D eigenvalue weighted by Gasteiger charge is 2.90. The van der Waals surface area contributed by atoms with Crippen molar-refractivity contribution in [2.24, 2.45) is 5.92 Å². The number of carboxylic acid groups (broad SMARTS) is 1. The number of hydrogen-bond donors (Lipinski definition) is 2. The van der Waals surface area contributed by atoms with Crippen molar-refractivity contribution in [1.82, 2.24) is 5.32 Å². The minimum atomic E-state index is -1.68. The number of hydrogen-bond acceptors (Lipinski definition) is 5. The number of carbonyl (C=O) groups excluding carboxylic acids is 2. The number of Topliss-reactive ketones (excluding diaryl/α,β-unsaturated/α-hetero) is 1. The molecule has 20 heavy (non-hydrogen) atoms. The maximum absolute atomic E-state index is 12.1. The van der Waals surface area contributed by atoms with Gasteiger partial charge in [-0.15, -0.1) is 0 Å². The van der Waals surface area contributed by atoms with Crippen LogP contribution in [0.4, 0.5) is 4.79 Å². The molecule has 4 atom stereocenters. The van der Waals surface area contributed by atoms with E-state index in [0.29, 0.717) is 0 Å². The highest BCUT2D eigenvalue weighted by molar-refractivity contribution is 6.12. The van der Waals surface area contributed by atoms with Gasteiger partial charge in [-0.2, -0.15) is 0 Å². The van der Waals surface area contributed by atoms with Crippen molar-refractivity contribution >= 4 is 17.8 Å². The van der Waals surface area contributed by atoms with Crippen molar-refractivity contribution in [2.75, 3.05) is 0 Å². The zero-order chi connectivity index (χ0) is 14.9. The number of carbonyl (C=O) groups is 3. The molecule has 7 heteroatoms. The van der Waals surface area contributed by atoms with Crippen molar-refractivity contribution < 1.29 is 29.0 Å². The molecule has 0 aromatic carbocycles. The zero-order valence-corrected chi connectivity index (χ0v) is 11.3. The van der Waals surface area contributed by atoms with Gasteiger partial charge < -0.3 is 19.9 Å². The van der Waals surface area contributed by atoms with E-state index in [1.807, 2.05) is 0 Å². The Balaban J connectivity index is 1.84. The number of alkyl carbamates (subject to hydrolysis) is 1. The third-order valence-corrected chi connectivity index (χ3v) is 3.83. The van der Waals surface area contributed by atoms with Gasteiger partial charge in [0, 0.05) is 0 Å². The second kappa shape index (κ2) is 3.41. The lowest BCUT2D eigenvalue weighted by atomic mass is 9.89. The van der Waals surface area contributed by atoms with E-state index in [9.17, 15) is 19.5 Å². The molecule has 4 unspecified atom stereocenters. The summed E-state index contributed by atoms with van der Waals surface area (Å²) in [5, 5.41) is 11.8. The first-order valence-electron chi connectivity index (χ1n) is 6.31. The van der Waals surface area contributed by atoms with Gasteiger partial charge in [0.15, 0.2) is 11.4 Å². The molecule has 1 saturated heterocycles. The Morgan fingerprint density at radius 3 is 2.65 bits per heavy atom. The lowest BCUT2D eigenvalue weighted by Gasteiger charge is -2.26. The van der Waals surface area contributed by atoms with Gasteiger partial charge in [-0.1, -0.05) is 6.08 Å². The molecule has 3 rings (SSSR count). The summed E-state index contributed by atoms with van der Waals surface area (Å²) in [7, 11) is 0. The molecule has 2 bridgehead atoms. The molecule has 2 N–H and O–H groups in total. The Kier molecular flexibility index (Phi) is 2.23. The molecule has 1 amide bonds. The molecular weight excluding hydrogens is 266 g/mol. The fourth-order valence-corrected chi connectivity index (χ4v) is 3.05. The second-order valence-corrected chi connectivity index (χ2v) is 6.25. The third kappa shape index (κ3) is 1.35. The summed E-state index contributed by atoms with van der Waals surface area (Å²) in [6.45, 7) is 5.08. The van der Waals surface area contributed by atoms with Crippen LogP contribution in [0.1, 0.15) is 20.8 Å². The van der Waals surface area contributed by atoms with Crippen LogP contribution in [0.5, 0.6) is 0 Å². The van der Waals surface area contributed by atoms with Crippen molar-refractivity contribution in [3.63, 3.8) is 0 Å². The monoisotopic (exact) mass is 281 g/mol. The van der Waals surface area contributed by atoms with Crippen LogP contribution in [0.25, 0.3) is 0 Å². The van der Waals surface area contributed by atoms with Crippen molar-refractivity contribution in [2.45, 2.75) is 43.6 Å². The topological polar surface area (TPSA) is 105 Å². The van der Waals surface area contributed by atoms with E-state index >= 15 is 0 Å². The van der Waals surface area contributed by atoms with Gasteiger partial charge in [-0.3, -0.25) is 4.79 Å². The first-order chi connectivity index (χ1) is 9.14. The molecular formula is C13H15NO6. The summed E-state index contributed by atoms with van der Waals surface area (Å²) in [6.07, 6.45) is 2.29. The van der Waals surface area contributed by atoms with E-state index in [0.717, 1.165) is 0 Å². The number of fused-ring (bicyclic) bond motifs is 1. The average Bonchev–Trinajstić information content (AvgIpc) is 2.84. The van der Waals surface area contributed by atoms with Crippen LogP contribution in [-0.2, 0) is 19.1 Å². The van der Waals surface area contributed by atoms with Gasteiger partial charge in [-0.05, 0) is 26.8 Å². The van der Waals surface area contributed by atoms with Gasteiger partial charge in [0.25, 0.3) is 0 Å². The number of aliphatic carboxylic acids is 1. The zero-order valence-electron chi connectivity index (χ0n) is 11.3. The van der Waals surface area contributed by atoms with Crippen LogP contribution in [0.15, 0.2) is 12.2 Å². The Hall–Kier alpha value is -1.89. The standard InChI is InChI=1S/C13H15NO6/c1-11(2,3)19-10(18)14-7-6-4-5-12(8(6)15)13(7,20-12)9(16)17/h4-7H,1-3H3,(H,14,18)(H,16,17). The predicted molar refractivity (Wildman–Crippen MR) is 65.0 cm³/mol. The van der Waals surface area contributed by atoms with Crippen LogP contribution >= 0.6 is 0 Å². The third-order valence-electron chi connectivity index (χ3n) is 3.83. The predicted octanol–water partition coefficient (Wildman–Crippen LogP) is 0.241. The summed E-state index contributed by atoms with van der Waals surface area (Å²) in [6, 6.07) is -0.938. The van der Waals surface area contributed by atoms with Crippen LogP contribution in [-0.4, -0.2) is 45.8 Å². The molecule has 1 saturated carbocycles. The van der Waals surface area contributed by atoms with Gasteiger partial charge in [-0.25, -0.2) is 9.59 Å². The Labute approximate surface area is 114 Å². The Morgan fingerprint density at radius 1 is 1.45 bits per heavy atom. The first kappa shape index (κ1) is 13.1. The molecule has 1 heterocycles. The second-order valence-electron chi connectivity index (χ2n) is 6.25. The number of ether oxygens (including phenoxy) is 2. The highest BCUT2D eigenvalue weighted by atomic mass is 16.7. The molecule has 2 fully saturated rings. The summed E-state index contributed by atoms with van der Waals surface area (Å²) in [5.41, 5.74) is -3.79. The number of amides is 1. The Bertz CT molecular complexity index is 562. The first-order valence-corrected chi connectivity index (χ1v) is 6.31. The van der Waals surface area contributed by atoms with Crippen molar-refractivity contribution in [3.05, 3.63) is 12.2 Å². The largest absolute Gasteiger partial charge is 0.479 e. The summed E-state index contributed by atoms with van der Waals surface area (Å²) >= 11 is 0. The molecule has 3 aliphatic rings. The number of rotatable bonds is 2. The van der Waals surface area contributed by atoms with Gasteiger partial charge >= 0.3 is 12.1 Å². The average molecular weight is 281 g/mol. The number of epoxide rings is 1. The molecule has 7 nitrogen and oxygen atoms in total. The van der Waals surface area contributed by atoms with Crippen LogP contribution in [0.3, 0.4) is 0 Å². The van der Waals surface area contributed by atoms with Crippen molar-refractivity contribution in [1.29, 1.82) is 0 Å². The lowest BCUT2D eigenvalue weighted by molar-refractivity contribution is -0.144. The maximum atomic E-state index is 12.1. The summed E-state index contributed by atoms with van der Waals surface area (Å²) in [5.74, 6) is -2.24. The molecule has 0 radical (unpaired) electrons. The number of carboxylic acids is 1. The van der Waals surface area contributed by atoms with E-state index in [2.05, 4.69) is 5.32 Å². The van der Waals surface area contributed by atoms with Gasteiger partial charge in [0.2, 0.25) is 5.60 Å². The van der Waals surface area contributed by atoms with E-state index < -0.39 is 40.8 Å². The number of nitrogens with one attached hydrogen (secondary N) is 1. The summed E-state index contributed by atoms with van der Waals surface area (Å²) in [4.78, 5) is 35.4. The molecule has 2 aliphatic carbocycles. The van der Waals surface area contributed by atoms with E-state index in [1.165, 1.54) is 6.08 Å². The minimum absolute atomic E-state index is 0.319. The lowest BCUT2D eigenvalue weighted by Crippen LogP contribution is -2.53. The Morgan fingerprint density at radius 2 is 2.10 bits per heavy atom. The minimum Gasteiger partial charge on any atom is -0.479 e. The molecule has 108 valence electrons. The van der Waals surface area contributed by atoms with E-state index in [1.54, 1.807) is 26.8 Å². The molecule has 0 aromatic heterocycles. The van der Waals surface area contributed by atoms with Gasteiger partial charge in [0.1, 0.15) is 5.60 Å². The smallest absolute Gasteiger partial charge is 0.408 e. The number of ketones is 1. The van der Waals surface area contributed by atoms with Crippen LogP contribution < -0.4 is 5.32 Å².